The number of aryl methyl sites for hydroxylation is 2. The van der Waals surface area contributed by atoms with E-state index in [0.29, 0.717) is 11.6 Å². The van der Waals surface area contributed by atoms with Gasteiger partial charge in [-0.05, 0) is 43.2 Å². The maximum absolute atomic E-state index is 12.1. The molecule has 0 aliphatic rings. The van der Waals surface area contributed by atoms with Crippen LogP contribution in [0.15, 0.2) is 28.8 Å². The molecule has 2 aromatic rings. The predicted octanol–water partition coefficient (Wildman–Crippen LogP) is 2.77. The number of pyridine rings is 1. The van der Waals surface area contributed by atoms with E-state index in [1.54, 1.807) is 24.0 Å². The molecular formula is C15H18N2O3S. The van der Waals surface area contributed by atoms with Gasteiger partial charge in [-0.1, -0.05) is 0 Å². The van der Waals surface area contributed by atoms with Crippen LogP contribution in [0, 0.1) is 13.8 Å². The van der Waals surface area contributed by atoms with Crippen LogP contribution in [-0.2, 0) is 5.75 Å². The maximum Gasteiger partial charge on any atom is 0.292 e. The Morgan fingerprint density at radius 1 is 1.43 bits per heavy atom. The van der Waals surface area contributed by atoms with Crippen molar-refractivity contribution < 1.29 is 14.3 Å². The molecule has 0 aliphatic carbocycles. The molecular weight excluding hydrogens is 288 g/mol. The lowest BCUT2D eigenvalue weighted by molar-refractivity contribution is 0.0995. The highest BCUT2D eigenvalue weighted by atomic mass is 32.2. The van der Waals surface area contributed by atoms with Crippen molar-refractivity contribution in [2.45, 2.75) is 19.6 Å². The number of aliphatic hydroxyl groups is 1. The summed E-state index contributed by atoms with van der Waals surface area (Å²) in [6.07, 6.45) is 1.66. The molecule has 2 aromatic heterocycles. The van der Waals surface area contributed by atoms with Crippen molar-refractivity contribution in [3.63, 3.8) is 0 Å². The van der Waals surface area contributed by atoms with Crippen LogP contribution in [0.4, 0.5) is 5.82 Å². The minimum absolute atomic E-state index is 0.163. The fourth-order valence-corrected chi connectivity index (χ4v) is 2.44. The fourth-order valence-electron chi connectivity index (χ4n) is 1.75. The van der Waals surface area contributed by atoms with E-state index in [1.165, 1.54) is 0 Å². The molecule has 0 spiro atoms. The Hall–Kier alpha value is -1.79. The molecule has 0 saturated carbocycles. The Bertz CT molecular complexity index is 606. The third-order valence-electron chi connectivity index (χ3n) is 2.96. The molecule has 0 fully saturated rings. The van der Waals surface area contributed by atoms with Crippen LogP contribution in [0.3, 0.4) is 0 Å². The van der Waals surface area contributed by atoms with Crippen LogP contribution >= 0.6 is 11.8 Å². The smallest absolute Gasteiger partial charge is 0.292 e. The summed E-state index contributed by atoms with van der Waals surface area (Å²) in [5.74, 6) is 2.67. The minimum atomic E-state index is -0.307. The first-order chi connectivity index (χ1) is 10.1. The van der Waals surface area contributed by atoms with Crippen LogP contribution in [-0.4, -0.2) is 28.4 Å². The Morgan fingerprint density at radius 2 is 2.24 bits per heavy atom. The summed E-state index contributed by atoms with van der Waals surface area (Å²) >= 11 is 1.63. The van der Waals surface area contributed by atoms with Gasteiger partial charge in [0.15, 0.2) is 5.76 Å². The summed E-state index contributed by atoms with van der Waals surface area (Å²) in [7, 11) is 0. The van der Waals surface area contributed by atoms with E-state index in [2.05, 4.69) is 10.3 Å². The van der Waals surface area contributed by atoms with Gasteiger partial charge in [-0.15, -0.1) is 0 Å². The van der Waals surface area contributed by atoms with E-state index < -0.39 is 0 Å². The number of rotatable bonds is 6. The normalized spacial score (nSPS) is 10.6. The van der Waals surface area contributed by atoms with Gasteiger partial charge in [0.25, 0.3) is 5.91 Å². The summed E-state index contributed by atoms with van der Waals surface area (Å²) in [5.41, 5.74) is 1.99. The Morgan fingerprint density at radius 3 is 2.90 bits per heavy atom. The van der Waals surface area contributed by atoms with Crippen LogP contribution in [0.25, 0.3) is 0 Å². The molecule has 0 aromatic carbocycles. The number of nitrogens with zero attached hydrogens (tertiary/aromatic N) is 1. The highest BCUT2D eigenvalue weighted by molar-refractivity contribution is 7.98. The number of furan rings is 1. The van der Waals surface area contributed by atoms with E-state index in [4.69, 9.17) is 9.52 Å². The van der Waals surface area contributed by atoms with Crippen molar-refractivity contribution in [2.24, 2.45) is 0 Å². The molecule has 0 saturated heterocycles. The first-order valence-corrected chi connectivity index (χ1v) is 7.77. The molecule has 6 heteroatoms. The van der Waals surface area contributed by atoms with E-state index in [0.717, 1.165) is 22.6 Å². The summed E-state index contributed by atoms with van der Waals surface area (Å²) in [6.45, 7) is 3.88. The molecule has 0 radical (unpaired) electrons. The second-order valence-electron chi connectivity index (χ2n) is 4.63. The van der Waals surface area contributed by atoms with Gasteiger partial charge in [-0.3, -0.25) is 4.79 Å². The number of amides is 1. The topological polar surface area (TPSA) is 75.4 Å². The van der Waals surface area contributed by atoms with E-state index in [1.807, 2.05) is 26.0 Å². The van der Waals surface area contributed by atoms with Gasteiger partial charge in [-0.2, -0.15) is 11.8 Å². The monoisotopic (exact) mass is 306 g/mol. The second kappa shape index (κ2) is 7.28. The largest absolute Gasteiger partial charge is 0.456 e. The minimum Gasteiger partial charge on any atom is -0.456 e. The number of nitrogens with one attached hydrogen (secondary N) is 1. The third-order valence-corrected chi connectivity index (χ3v) is 3.97. The van der Waals surface area contributed by atoms with Gasteiger partial charge in [0.05, 0.1) is 6.61 Å². The summed E-state index contributed by atoms with van der Waals surface area (Å²) in [6, 6.07) is 5.43. The zero-order valence-electron chi connectivity index (χ0n) is 12.0. The standard InChI is InChI=1S/C15H18N2O3S/c1-10-7-13(20-11(10)2)15(19)17-14-8-12(3-4-16-14)9-21-6-5-18/h3-4,7-8,18H,5-6,9H2,1-2H3,(H,16,17,19). The average molecular weight is 306 g/mol. The lowest BCUT2D eigenvalue weighted by Gasteiger charge is -2.05. The maximum atomic E-state index is 12.1. The van der Waals surface area contributed by atoms with Gasteiger partial charge in [0, 0.05) is 17.7 Å². The number of carbonyl (C=O) groups is 1. The summed E-state index contributed by atoms with van der Waals surface area (Å²) in [4.78, 5) is 16.2. The molecule has 21 heavy (non-hydrogen) atoms. The van der Waals surface area contributed by atoms with Crippen molar-refractivity contribution in [1.82, 2.24) is 4.98 Å². The van der Waals surface area contributed by atoms with Crippen molar-refractivity contribution in [3.8, 4) is 0 Å². The van der Waals surface area contributed by atoms with Gasteiger partial charge in [0.1, 0.15) is 11.6 Å². The first-order valence-electron chi connectivity index (χ1n) is 6.62. The van der Waals surface area contributed by atoms with Crippen LogP contribution in [0.1, 0.15) is 27.4 Å². The molecule has 2 heterocycles. The molecule has 0 unspecified atom stereocenters. The van der Waals surface area contributed by atoms with E-state index >= 15 is 0 Å². The lowest BCUT2D eigenvalue weighted by Crippen LogP contribution is -2.12. The van der Waals surface area contributed by atoms with Gasteiger partial charge in [0.2, 0.25) is 0 Å². The van der Waals surface area contributed by atoms with Gasteiger partial charge in [-0.25, -0.2) is 4.98 Å². The zero-order chi connectivity index (χ0) is 15.2. The van der Waals surface area contributed by atoms with Crippen molar-refractivity contribution >= 4 is 23.5 Å². The van der Waals surface area contributed by atoms with Crippen molar-refractivity contribution in [1.29, 1.82) is 0 Å². The number of aromatic nitrogens is 1. The fraction of sp³-hybridized carbons (Fsp3) is 0.333. The molecule has 1 amide bonds. The van der Waals surface area contributed by atoms with Crippen LogP contribution in [0.2, 0.25) is 0 Å². The van der Waals surface area contributed by atoms with Gasteiger partial charge >= 0.3 is 0 Å². The van der Waals surface area contributed by atoms with Crippen LogP contribution in [0.5, 0.6) is 0 Å². The first kappa shape index (κ1) is 15.6. The molecule has 2 N–H and O–H groups in total. The number of carbonyl (C=O) groups excluding carboxylic acids is 1. The van der Waals surface area contributed by atoms with Crippen LogP contribution < -0.4 is 5.32 Å². The highest BCUT2D eigenvalue weighted by Gasteiger charge is 2.13. The number of hydrogen-bond donors (Lipinski definition) is 2. The number of thioether (sulfide) groups is 1. The molecule has 0 atom stereocenters. The average Bonchev–Trinajstić information content (AvgIpc) is 2.80. The predicted molar refractivity (Wildman–Crippen MR) is 83.6 cm³/mol. The number of aliphatic hydroxyl groups excluding tert-OH is 1. The third kappa shape index (κ3) is 4.34. The molecule has 5 nitrogen and oxygen atoms in total. The second-order valence-corrected chi connectivity index (χ2v) is 5.73. The SMILES string of the molecule is Cc1cc(C(=O)Nc2cc(CSCCO)ccn2)oc1C. The quantitative estimate of drug-likeness (QED) is 0.803. The van der Waals surface area contributed by atoms with E-state index in [9.17, 15) is 4.79 Å². The zero-order valence-corrected chi connectivity index (χ0v) is 12.9. The molecule has 2 rings (SSSR count). The summed E-state index contributed by atoms with van der Waals surface area (Å²) < 4.78 is 5.39. The number of hydrogen-bond acceptors (Lipinski definition) is 5. The highest BCUT2D eigenvalue weighted by Crippen LogP contribution is 2.17. The molecule has 0 aliphatic heterocycles. The number of anilines is 1. The van der Waals surface area contributed by atoms with Gasteiger partial charge < -0.3 is 14.8 Å². The molecule has 0 bridgehead atoms. The van der Waals surface area contributed by atoms with Crippen molar-refractivity contribution in [3.05, 3.63) is 47.0 Å². The van der Waals surface area contributed by atoms with Crippen molar-refractivity contribution in [2.75, 3.05) is 17.7 Å². The Labute approximate surface area is 127 Å². The van der Waals surface area contributed by atoms with E-state index in [-0.39, 0.29) is 18.3 Å². The lowest BCUT2D eigenvalue weighted by atomic mass is 10.2. The Kier molecular flexibility index (Phi) is 5.41. The summed E-state index contributed by atoms with van der Waals surface area (Å²) in [5, 5.41) is 11.5. The molecule has 112 valence electrons. The Balaban J connectivity index is 2.02.